The summed E-state index contributed by atoms with van der Waals surface area (Å²) in [7, 11) is -4.01. The molecule has 0 unspecified atom stereocenters. The van der Waals surface area contributed by atoms with Crippen LogP contribution in [0.4, 0.5) is 11.4 Å². The molecule has 3 rings (SSSR count). The Bertz CT molecular complexity index is 1210. The maximum atomic E-state index is 13.5. The van der Waals surface area contributed by atoms with Gasteiger partial charge in [0.05, 0.1) is 26.3 Å². The number of carbonyl (C=O) groups excluding carboxylic acids is 1. The number of amides is 1. The molecule has 0 aromatic heterocycles. The smallest absolute Gasteiger partial charge is 0.264 e. The first kappa shape index (κ1) is 23.1. The van der Waals surface area contributed by atoms with Gasteiger partial charge in [0.2, 0.25) is 5.91 Å². The molecule has 0 aliphatic heterocycles. The molecular weight excluding hydrogens is 455 g/mol. The predicted octanol–water partition coefficient (Wildman–Crippen LogP) is 5.75. The van der Waals surface area contributed by atoms with Crippen LogP contribution in [0.5, 0.6) is 0 Å². The number of hydrogen-bond acceptors (Lipinski definition) is 3. The second-order valence-electron chi connectivity index (χ2n) is 7.26. The van der Waals surface area contributed by atoms with Gasteiger partial charge in [0.1, 0.15) is 6.54 Å². The van der Waals surface area contributed by atoms with Gasteiger partial charge in [0.25, 0.3) is 10.0 Å². The number of halogens is 2. The summed E-state index contributed by atoms with van der Waals surface area (Å²) in [5, 5.41) is 3.17. The first-order valence-corrected chi connectivity index (χ1v) is 11.7. The van der Waals surface area contributed by atoms with Gasteiger partial charge in [-0.2, -0.15) is 0 Å². The molecule has 0 spiro atoms. The third kappa shape index (κ3) is 5.21. The van der Waals surface area contributed by atoms with Crippen molar-refractivity contribution >= 4 is 50.5 Å². The lowest BCUT2D eigenvalue weighted by Crippen LogP contribution is -2.38. The van der Waals surface area contributed by atoms with Crippen LogP contribution in [-0.4, -0.2) is 20.9 Å². The summed E-state index contributed by atoms with van der Waals surface area (Å²) in [6, 6.07) is 16.8. The summed E-state index contributed by atoms with van der Waals surface area (Å²) in [5.74, 6) is -0.563. The standard InChI is InChI=1S/C23H22Cl2N2O3S/c1-15-8-11-18(12-9-15)31(29,30)27(21-13-16(2)7-10-17(21)3)14-22(28)26-23-19(24)5-4-6-20(23)25/h4-13H,14H2,1-3H3,(H,26,28). The molecule has 0 radical (unpaired) electrons. The Hall–Kier alpha value is -2.54. The average molecular weight is 477 g/mol. The molecule has 162 valence electrons. The number of carbonyl (C=O) groups is 1. The Morgan fingerprint density at radius 1 is 0.903 bits per heavy atom. The second kappa shape index (κ2) is 9.30. The Labute approximate surface area is 192 Å². The number of benzene rings is 3. The van der Waals surface area contributed by atoms with Crippen LogP contribution >= 0.6 is 23.2 Å². The van der Waals surface area contributed by atoms with E-state index in [1.165, 1.54) is 12.1 Å². The van der Waals surface area contributed by atoms with Crippen molar-refractivity contribution in [3.8, 4) is 0 Å². The first-order chi connectivity index (χ1) is 14.6. The van der Waals surface area contributed by atoms with Crippen molar-refractivity contribution in [1.82, 2.24) is 0 Å². The number of nitrogens with one attached hydrogen (secondary N) is 1. The third-order valence-corrected chi connectivity index (χ3v) is 7.16. The molecule has 5 nitrogen and oxygen atoms in total. The molecule has 1 amide bonds. The SMILES string of the molecule is Cc1ccc(S(=O)(=O)N(CC(=O)Nc2c(Cl)cccc2Cl)c2cc(C)ccc2C)cc1. The Kier molecular flexibility index (Phi) is 6.94. The minimum Gasteiger partial charge on any atom is -0.322 e. The van der Waals surface area contributed by atoms with Crippen molar-refractivity contribution in [2.24, 2.45) is 0 Å². The topological polar surface area (TPSA) is 66.5 Å². The summed E-state index contributed by atoms with van der Waals surface area (Å²) in [6.45, 7) is 5.10. The van der Waals surface area contributed by atoms with Crippen LogP contribution in [0.25, 0.3) is 0 Å². The molecule has 31 heavy (non-hydrogen) atoms. The van der Waals surface area contributed by atoms with Gasteiger partial charge in [-0.05, 0) is 62.2 Å². The van der Waals surface area contributed by atoms with E-state index >= 15 is 0 Å². The number of aryl methyl sites for hydroxylation is 3. The monoisotopic (exact) mass is 476 g/mol. The van der Waals surface area contributed by atoms with Crippen molar-refractivity contribution in [2.45, 2.75) is 25.7 Å². The predicted molar refractivity (Wildman–Crippen MR) is 127 cm³/mol. The number of hydrogen-bond donors (Lipinski definition) is 1. The molecule has 1 N–H and O–H groups in total. The van der Waals surface area contributed by atoms with E-state index in [4.69, 9.17) is 23.2 Å². The van der Waals surface area contributed by atoms with Crippen molar-refractivity contribution in [1.29, 1.82) is 0 Å². The van der Waals surface area contributed by atoms with E-state index in [9.17, 15) is 13.2 Å². The minimum absolute atomic E-state index is 0.0996. The van der Waals surface area contributed by atoms with Gasteiger partial charge in [-0.15, -0.1) is 0 Å². The fourth-order valence-corrected chi connectivity index (χ4v) is 5.02. The quantitative estimate of drug-likeness (QED) is 0.492. The first-order valence-electron chi connectivity index (χ1n) is 9.50. The zero-order valence-corrected chi connectivity index (χ0v) is 19.6. The highest BCUT2D eigenvalue weighted by atomic mass is 35.5. The molecule has 8 heteroatoms. The van der Waals surface area contributed by atoms with Crippen LogP contribution in [0, 0.1) is 20.8 Å². The number of nitrogens with zero attached hydrogens (tertiary/aromatic N) is 1. The maximum absolute atomic E-state index is 13.5. The van der Waals surface area contributed by atoms with Crippen LogP contribution in [0.1, 0.15) is 16.7 Å². The van der Waals surface area contributed by atoms with Crippen molar-refractivity contribution in [3.63, 3.8) is 0 Å². The Morgan fingerprint density at radius 2 is 1.48 bits per heavy atom. The molecule has 0 fully saturated rings. The molecule has 0 saturated heterocycles. The zero-order valence-electron chi connectivity index (χ0n) is 17.3. The summed E-state index contributed by atoms with van der Waals surface area (Å²) in [6.07, 6.45) is 0. The van der Waals surface area contributed by atoms with Gasteiger partial charge in [0, 0.05) is 0 Å². The molecule has 0 aliphatic rings. The molecular formula is C23H22Cl2N2O3S. The summed E-state index contributed by atoms with van der Waals surface area (Å²) < 4.78 is 28.2. The highest BCUT2D eigenvalue weighted by Gasteiger charge is 2.28. The Morgan fingerprint density at radius 3 is 2.10 bits per heavy atom. The van der Waals surface area contributed by atoms with Crippen molar-refractivity contribution in [3.05, 3.63) is 87.4 Å². The highest BCUT2D eigenvalue weighted by Crippen LogP contribution is 2.31. The van der Waals surface area contributed by atoms with Gasteiger partial charge in [0.15, 0.2) is 0 Å². The normalized spacial score (nSPS) is 11.3. The molecule has 0 atom stereocenters. The molecule has 3 aromatic carbocycles. The highest BCUT2D eigenvalue weighted by molar-refractivity contribution is 7.92. The summed E-state index contributed by atoms with van der Waals surface area (Å²) in [5.41, 5.74) is 3.21. The number of rotatable bonds is 6. The Balaban J connectivity index is 2.03. The van der Waals surface area contributed by atoms with Crippen molar-refractivity contribution in [2.75, 3.05) is 16.2 Å². The van der Waals surface area contributed by atoms with E-state index in [-0.39, 0.29) is 20.6 Å². The van der Waals surface area contributed by atoms with Crippen LogP contribution in [0.15, 0.2) is 65.6 Å². The van der Waals surface area contributed by atoms with E-state index in [0.29, 0.717) is 5.69 Å². The van der Waals surface area contributed by atoms with Crippen molar-refractivity contribution < 1.29 is 13.2 Å². The molecule has 0 aliphatic carbocycles. The van der Waals surface area contributed by atoms with Crippen LogP contribution < -0.4 is 9.62 Å². The van der Waals surface area contributed by atoms with Crippen LogP contribution in [-0.2, 0) is 14.8 Å². The van der Waals surface area contributed by atoms with Gasteiger partial charge < -0.3 is 5.32 Å². The zero-order chi connectivity index (χ0) is 22.8. The minimum atomic E-state index is -4.01. The maximum Gasteiger partial charge on any atom is 0.264 e. The molecule has 3 aromatic rings. The second-order valence-corrected chi connectivity index (χ2v) is 9.94. The number of para-hydroxylation sites is 1. The van der Waals surface area contributed by atoms with E-state index in [1.54, 1.807) is 43.3 Å². The van der Waals surface area contributed by atoms with Gasteiger partial charge >= 0.3 is 0 Å². The summed E-state index contributed by atoms with van der Waals surface area (Å²) >= 11 is 12.3. The van der Waals surface area contributed by atoms with E-state index in [2.05, 4.69) is 5.32 Å². The lowest BCUT2D eigenvalue weighted by atomic mass is 10.1. The summed E-state index contributed by atoms with van der Waals surface area (Å²) in [4.78, 5) is 13.0. The van der Waals surface area contributed by atoms with Gasteiger partial charge in [-0.1, -0.05) is 59.1 Å². The van der Waals surface area contributed by atoms with E-state index < -0.39 is 22.5 Å². The van der Waals surface area contributed by atoms with Gasteiger partial charge in [-0.25, -0.2) is 8.42 Å². The van der Waals surface area contributed by atoms with Crippen LogP contribution in [0.2, 0.25) is 10.0 Å². The third-order valence-electron chi connectivity index (χ3n) is 4.76. The molecule has 0 heterocycles. The molecule has 0 saturated carbocycles. The average Bonchev–Trinajstić information content (AvgIpc) is 2.71. The van der Waals surface area contributed by atoms with Crippen LogP contribution in [0.3, 0.4) is 0 Å². The largest absolute Gasteiger partial charge is 0.322 e. The van der Waals surface area contributed by atoms with E-state index in [1.807, 2.05) is 26.0 Å². The number of anilines is 2. The fraction of sp³-hybridized carbons (Fsp3) is 0.174. The fourth-order valence-electron chi connectivity index (χ4n) is 3.05. The lowest BCUT2D eigenvalue weighted by Gasteiger charge is -2.26. The van der Waals surface area contributed by atoms with E-state index in [0.717, 1.165) is 21.0 Å². The number of sulfonamides is 1. The van der Waals surface area contributed by atoms with Gasteiger partial charge in [-0.3, -0.25) is 9.10 Å². The molecule has 0 bridgehead atoms. The lowest BCUT2D eigenvalue weighted by molar-refractivity contribution is -0.114.